The monoisotopic (exact) mass is 464 g/mol. The van der Waals surface area contributed by atoms with Gasteiger partial charge in [0.05, 0.1) is 5.56 Å². The first-order valence-electron chi connectivity index (χ1n) is 10.0. The third-order valence-corrected chi connectivity index (χ3v) is 5.24. The van der Waals surface area contributed by atoms with Crippen molar-refractivity contribution >= 4 is 17.6 Å². The van der Waals surface area contributed by atoms with Crippen LogP contribution in [0.1, 0.15) is 34.8 Å². The number of halogens is 3. The number of amidine groups is 1. The van der Waals surface area contributed by atoms with Gasteiger partial charge in [0.25, 0.3) is 5.91 Å². The molecule has 0 bridgehead atoms. The molecule has 1 saturated heterocycles. The van der Waals surface area contributed by atoms with Gasteiger partial charge < -0.3 is 25.8 Å². The second kappa shape index (κ2) is 9.90. The van der Waals surface area contributed by atoms with Crippen LogP contribution in [-0.2, 0) is 16.1 Å². The minimum absolute atomic E-state index is 0.0127. The predicted molar refractivity (Wildman–Crippen MR) is 112 cm³/mol. The Morgan fingerprint density at radius 1 is 1.30 bits per heavy atom. The number of aryl methyl sites for hydroxylation is 1. The molecule has 1 heterocycles. The minimum Gasteiger partial charge on any atom is -0.435 e. The van der Waals surface area contributed by atoms with Crippen LogP contribution in [0.2, 0.25) is 0 Å². The van der Waals surface area contributed by atoms with Crippen LogP contribution >= 0.6 is 0 Å². The Morgan fingerprint density at radius 2 is 2.03 bits per heavy atom. The molecule has 176 valence electrons. The number of hydrogen-bond donors (Lipinski definition) is 4. The van der Waals surface area contributed by atoms with E-state index in [9.17, 15) is 27.9 Å². The van der Waals surface area contributed by atoms with Crippen molar-refractivity contribution in [1.82, 2.24) is 10.2 Å². The molecule has 0 saturated carbocycles. The minimum atomic E-state index is -3.05. The van der Waals surface area contributed by atoms with E-state index in [1.807, 2.05) is 0 Å². The van der Waals surface area contributed by atoms with Gasteiger partial charge in [-0.1, -0.05) is 12.1 Å². The molecule has 0 spiro atoms. The van der Waals surface area contributed by atoms with Gasteiger partial charge in [0.2, 0.25) is 5.91 Å². The number of benzene rings is 2. The number of carbonyl (C=O) groups is 2. The van der Waals surface area contributed by atoms with Crippen molar-refractivity contribution in [1.29, 1.82) is 5.41 Å². The molecular formula is C22H23F3N4O4. The van der Waals surface area contributed by atoms with Gasteiger partial charge in [-0.2, -0.15) is 8.78 Å². The van der Waals surface area contributed by atoms with Crippen molar-refractivity contribution in [3.8, 4) is 5.75 Å². The number of likely N-dealkylation sites (tertiary alicyclic amines) is 1. The summed E-state index contributed by atoms with van der Waals surface area (Å²) in [6.45, 7) is -1.23. The van der Waals surface area contributed by atoms with Crippen molar-refractivity contribution in [3.63, 3.8) is 0 Å². The van der Waals surface area contributed by atoms with E-state index >= 15 is 0 Å². The van der Waals surface area contributed by atoms with Gasteiger partial charge in [-0.15, -0.1) is 0 Å². The first kappa shape index (κ1) is 24.1. The molecule has 0 aromatic heterocycles. The second-order valence-corrected chi connectivity index (χ2v) is 7.64. The lowest BCUT2D eigenvalue weighted by Crippen LogP contribution is -2.59. The highest BCUT2D eigenvalue weighted by atomic mass is 19.3. The van der Waals surface area contributed by atoms with Crippen LogP contribution in [0.25, 0.3) is 0 Å². The topological polar surface area (TPSA) is 129 Å². The van der Waals surface area contributed by atoms with E-state index in [4.69, 9.17) is 11.1 Å². The summed E-state index contributed by atoms with van der Waals surface area (Å²) in [5.74, 6) is -2.51. The largest absolute Gasteiger partial charge is 0.435 e. The molecule has 1 fully saturated rings. The number of aliphatic hydroxyl groups is 1. The Hall–Kier alpha value is -3.60. The highest BCUT2D eigenvalue weighted by Crippen LogP contribution is 2.28. The van der Waals surface area contributed by atoms with Crippen molar-refractivity contribution < 1.29 is 32.6 Å². The lowest BCUT2D eigenvalue weighted by Gasteiger charge is -2.40. The molecule has 2 aromatic rings. The summed E-state index contributed by atoms with van der Waals surface area (Å²) in [6.07, 6.45) is -1.29. The third-order valence-electron chi connectivity index (χ3n) is 5.24. The van der Waals surface area contributed by atoms with E-state index in [2.05, 4.69) is 10.1 Å². The molecule has 3 rings (SSSR count). The fraction of sp³-hybridized carbons (Fsp3) is 0.318. The molecule has 0 radical (unpaired) electrons. The Balaban J connectivity index is 1.63. The number of carbonyl (C=O) groups excluding carboxylic acids is 2. The van der Waals surface area contributed by atoms with Gasteiger partial charge in [0.15, 0.2) is 6.10 Å². The van der Waals surface area contributed by atoms with Gasteiger partial charge in [-0.3, -0.25) is 15.0 Å². The lowest BCUT2D eigenvalue weighted by atomic mass is 9.98. The first-order chi connectivity index (χ1) is 15.6. The number of nitrogen functional groups attached to an aromatic ring is 1. The molecule has 5 N–H and O–H groups in total. The highest BCUT2D eigenvalue weighted by molar-refractivity contribution is 5.95. The fourth-order valence-corrected chi connectivity index (χ4v) is 3.52. The van der Waals surface area contributed by atoms with Crippen LogP contribution < -0.4 is 15.8 Å². The summed E-state index contributed by atoms with van der Waals surface area (Å²) < 4.78 is 43.3. The van der Waals surface area contributed by atoms with Crippen molar-refractivity contribution in [2.75, 3.05) is 6.54 Å². The molecule has 0 aliphatic carbocycles. The van der Waals surface area contributed by atoms with Crippen molar-refractivity contribution in [2.45, 2.75) is 38.6 Å². The standard InChI is InChI=1S/C22H23F3N4O4/c1-11-6-13(9-14(7-11)33-22(24)25)18(30)21(32)29-5-4-17(29)20(31)28-10-12-2-3-15(19(26)27)16(23)8-12/h2-3,6-9,17-18,22,30H,4-5,10H2,1H3,(H3,26,27)(H,28,31)/t17-,18?/m0/s1. The summed E-state index contributed by atoms with van der Waals surface area (Å²) in [4.78, 5) is 26.4. The zero-order valence-corrected chi connectivity index (χ0v) is 17.6. The first-order valence-corrected chi connectivity index (χ1v) is 10.0. The maximum atomic E-state index is 13.9. The maximum Gasteiger partial charge on any atom is 0.387 e. The molecule has 2 aromatic carbocycles. The highest BCUT2D eigenvalue weighted by Gasteiger charge is 2.40. The summed E-state index contributed by atoms with van der Waals surface area (Å²) in [5, 5.41) is 20.4. The molecule has 1 aliphatic heterocycles. The van der Waals surface area contributed by atoms with Gasteiger partial charge in [-0.05, 0) is 54.3 Å². The summed E-state index contributed by atoms with van der Waals surface area (Å²) >= 11 is 0. The lowest BCUT2D eigenvalue weighted by molar-refractivity contribution is -0.154. The van der Waals surface area contributed by atoms with Crippen LogP contribution in [0.5, 0.6) is 5.75 Å². The maximum absolute atomic E-state index is 13.9. The quantitative estimate of drug-likeness (QED) is 0.351. The Bertz CT molecular complexity index is 1080. The molecule has 1 unspecified atom stereocenters. The zero-order chi connectivity index (χ0) is 24.3. The molecule has 11 heteroatoms. The number of aliphatic hydroxyl groups excluding tert-OH is 1. The van der Waals surface area contributed by atoms with E-state index in [-0.39, 0.29) is 30.0 Å². The SMILES string of the molecule is Cc1cc(OC(F)F)cc(C(O)C(=O)N2CC[C@H]2C(=O)NCc2ccc(C(=N)N)c(F)c2)c1. The number of nitrogens with one attached hydrogen (secondary N) is 2. The number of hydrogen-bond acceptors (Lipinski definition) is 5. The summed E-state index contributed by atoms with van der Waals surface area (Å²) in [6, 6.07) is 7.15. The van der Waals surface area contributed by atoms with E-state index in [1.165, 1.54) is 29.2 Å². The number of amides is 2. The van der Waals surface area contributed by atoms with Crippen LogP contribution in [0, 0.1) is 18.2 Å². The predicted octanol–water partition coefficient (Wildman–Crippen LogP) is 1.97. The normalized spacial score (nSPS) is 16.2. The Labute approximate surface area is 187 Å². The van der Waals surface area contributed by atoms with Crippen LogP contribution in [0.4, 0.5) is 13.2 Å². The molecule has 1 aliphatic rings. The second-order valence-electron chi connectivity index (χ2n) is 7.64. The molecular weight excluding hydrogens is 441 g/mol. The summed E-state index contributed by atoms with van der Waals surface area (Å²) in [7, 11) is 0. The third kappa shape index (κ3) is 5.61. The number of nitrogens with zero attached hydrogens (tertiary/aromatic N) is 1. The van der Waals surface area contributed by atoms with Gasteiger partial charge >= 0.3 is 6.61 Å². The van der Waals surface area contributed by atoms with Crippen molar-refractivity contribution in [2.24, 2.45) is 5.73 Å². The molecule has 2 amide bonds. The van der Waals surface area contributed by atoms with Gasteiger partial charge in [0, 0.05) is 13.1 Å². The van der Waals surface area contributed by atoms with Crippen LogP contribution in [-0.4, -0.2) is 46.9 Å². The van der Waals surface area contributed by atoms with Gasteiger partial charge in [-0.25, -0.2) is 4.39 Å². The molecule has 2 atom stereocenters. The van der Waals surface area contributed by atoms with Crippen LogP contribution in [0.3, 0.4) is 0 Å². The number of nitrogens with two attached hydrogens (primary N) is 1. The molecule has 8 nitrogen and oxygen atoms in total. The van der Waals surface area contributed by atoms with E-state index in [0.29, 0.717) is 17.5 Å². The number of alkyl halides is 2. The number of ether oxygens (including phenoxy) is 1. The average molecular weight is 464 g/mol. The zero-order valence-electron chi connectivity index (χ0n) is 17.6. The fourth-order valence-electron chi connectivity index (χ4n) is 3.52. The summed E-state index contributed by atoms with van der Waals surface area (Å²) in [5.41, 5.74) is 6.25. The van der Waals surface area contributed by atoms with E-state index < -0.39 is 42.2 Å². The van der Waals surface area contributed by atoms with Gasteiger partial charge in [0.1, 0.15) is 23.4 Å². The van der Waals surface area contributed by atoms with E-state index in [0.717, 1.165) is 12.1 Å². The van der Waals surface area contributed by atoms with Crippen molar-refractivity contribution in [3.05, 3.63) is 64.5 Å². The molecule has 33 heavy (non-hydrogen) atoms. The van der Waals surface area contributed by atoms with Crippen LogP contribution in [0.15, 0.2) is 36.4 Å². The average Bonchev–Trinajstić information content (AvgIpc) is 2.69. The van der Waals surface area contributed by atoms with E-state index in [1.54, 1.807) is 6.92 Å². The Morgan fingerprint density at radius 3 is 2.61 bits per heavy atom. The Kier molecular flexibility index (Phi) is 7.22. The smallest absolute Gasteiger partial charge is 0.387 e. The number of rotatable bonds is 8.